The first-order valence-corrected chi connectivity index (χ1v) is 6.09. The summed E-state index contributed by atoms with van der Waals surface area (Å²) in [6, 6.07) is 6.67. The number of benzene rings is 1. The van der Waals surface area contributed by atoms with E-state index in [1.807, 2.05) is 0 Å². The number of nitrogens with two attached hydrogens (primary N) is 1. The minimum absolute atomic E-state index is 0.152. The average molecular weight is 304 g/mol. The first-order valence-electron chi connectivity index (χ1n) is 6.09. The number of carboxylic acid groups (broad SMARTS) is 1. The smallest absolute Gasteiger partial charge is 0.406 e. The van der Waals surface area contributed by atoms with E-state index in [0.717, 1.165) is 0 Å². The molecule has 3 N–H and O–H groups in total. The highest BCUT2D eigenvalue weighted by atomic mass is 19.4. The van der Waals surface area contributed by atoms with Crippen LogP contribution in [-0.4, -0.2) is 41.1 Å². The zero-order valence-electron chi connectivity index (χ0n) is 11.1. The van der Waals surface area contributed by atoms with Gasteiger partial charge in [-0.3, -0.25) is 9.59 Å². The molecule has 0 heterocycles. The van der Waals surface area contributed by atoms with E-state index in [9.17, 15) is 22.8 Å². The van der Waals surface area contributed by atoms with E-state index >= 15 is 0 Å². The van der Waals surface area contributed by atoms with Crippen LogP contribution >= 0.6 is 0 Å². The fraction of sp³-hybridized carbons (Fsp3) is 0.385. The highest BCUT2D eigenvalue weighted by Gasteiger charge is 2.33. The Labute approximate surface area is 119 Å². The molecule has 8 heteroatoms. The largest absolute Gasteiger partial charge is 0.480 e. The number of hydrogen-bond donors (Lipinski definition) is 2. The Morgan fingerprint density at radius 1 is 1.24 bits per heavy atom. The maximum atomic E-state index is 12.3. The van der Waals surface area contributed by atoms with Crippen molar-refractivity contribution in [1.29, 1.82) is 0 Å². The molecule has 116 valence electrons. The standard InChI is InChI=1S/C13H15F3N2O3/c14-13(15,16)8-18(7-12(20)21)11(19)6-5-9-3-1-2-4-10(9)17/h1-4H,5-8,17H2,(H,20,21). The third-order valence-electron chi connectivity index (χ3n) is 2.71. The Kier molecular flexibility index (Phi) is 5.57. The summed E-state index contributed by atoms with van der Waals surface area (Å²) in [7, 11) is 0. The Bertz CT molecular complexity index is 518. The van der Waals surface area contributed by atoms with E-state index in [0.29, 0.717) is 11.3 Å². The lowest BCUT2D eigenvalue weighted by molar-refractivity contribution is -0.165. The van der Waals surface area contributed by atoms with Crippen LogP contribution in [0.4, 0.5) is 18.9 Å². The molecule has 0 saturated carbocycles. The quantitative estimate of drug-likeness (QED) is 0.783. The van der Waals surface area contributed by atoms with Crippen molar-refractivity contribution in [2.24, 2.45) is 0 Å². The monoisotopic (exact) mass is 304 g/mol. The number of amides is 1. The van der Waals surface area contributed by atoms with Crippen LogP contribution in [0.1, 0.15) is 12.0 Å². The third kappa shape index (κ3) is 6.15. The predicted octanol–water partition coefficient (Wildman–Crippen LogP) is 1.68. The van der Waals surface area contributed by atoms with Crippen molar-refractivity contribution in [2.45, 2.75) is 19.0 Å². The summed E-state index contributed by atoms with van der Waals surface area (Å²) >= 11 is 0. The Balaban J connectivity index is 2.68. The van der Waals surface area contributed by atoms with Crippen LogP contribution in [0.2, 0.25) is 0 Å². The number of aliphatic carboxylic acids is 1. The summed E-state index contributed by atoms with van der Waals surface area (Å²) in [6.07, 6.45) is -4.73. The number of carbonyl (C=O) groups is 2. The van der Waals surface area contributed by atoms with Gasteiger partial charge >= 0.3 is 12.1 Å². The van der Waals surface area contributed by atoms with Gasteiger partial charge in [0.25, 0.3) is 0 Å². The zero-order chi connectivity index (χ0) is 16.0. The number of nitrogen functional groups attached to an aromatic ring is 1. The number of nitrogens with zero attached hydrogens (tertiary/aromatic N) is 1. The van der Waals surface area contributed by atoms with E-state index < -0.39 is 31.1 Å². The molecule has 0 fully saturated rings. The maximum absolute atomic E-state index is 12.3. The average Bonchev–Trinajstić information content (AvgIpc) is 2.34. The third-order valence-corrected chi connectivity index (χ3v) is 2.71. The molecule has 0 unspecified atom stereocenters. The molecule has 1 amide bonds. The van der Waals surface area contributed by atoms with Crippen LogP contribution in [0.25, 0.3) is 0 Å². The van der Waals surface area contributed by atoms with Gasteiger partial charge in [0.15, 0.2) is 0 Å². The number of alkyl halides is 3. The number of carboxylic acids is 1. The highest BCUT2D eigenvalue weighted by molar-refractivity contribution is 5.81. The van der Waals surface area contributed by atoms with Gasteiger partial charge in [-0.05, 0) is 18.1 Å². The summed E-state index contributed by atoms with van der Waals surface area (Å²) in [4.78, 5) is 22.6. The number of para-hydroxylation sites is 1. The summed E-state index contributed by atoms with van der Waals surface area (Å²) in [5, 5.41) is 8.58. The number of rotatable bonds is 6. The number of anilines is 1. The highest BCUT2D eigenvalue weighted by Crippen LogP contribution is 2.18. The molecule has 5 nitrogen and oxygen atoms in total. The van der Waals surface area contributed by atoms with Gasteiger partial charge in [-0.25, -0.2) is 0 Å². The van der Waals surface area contributed by atoms with Gasteiger partial charge in [-0.2, -0.15) is 13.2 Å². The predicted molar refractivity (Wildman–Crippen MR) is 69.4 cm³/mol. The molecule has 0 radical (unpaired) electrons. The van der Waals surface area contributed by atoms with Gasteiger partial charge in [0.05, 0.1) is 0 Å². The van der Waals surface area contributed by atoms with Crippen LogP contribution in [0.5, 0.6) is 0 Å². The fourth-order valence-electron chi connectivity index (χ4n) is 1.77. The molecule has 0 bridgehead atoms. The van der Waals surface area contributed by atoms with Crippen molar-refractivity contribution in [2.75, 3.05) is 18.8 Å². The number of aryl methyl sites for hydroxylation is 1. The molecule has 0 saturated heterocycles. The molecular formula is C13H15F3N2O3. The molecule has 0 aliphatic carbocycles. The summed E-state index contributed by atoms with van der Waals surface area (Å²) < 4.78 is 37.0. The molecule has 0 aromatic heterocycles. The molecule has 1 aromatic rings. The lowest BCUT2D eigenvalue weighted by Gasteiger charge is -2.22. The molecular weight excluding hydrogens is 289 g/mol. The Hall–Kier alpha value is -2.25. The summed E-state index contributed by atoms with van der Waals surface area (Å²) in [6.45, 7) is -2.56. The van der Waals surface area contributed by atoms with E-state index in [2.05, 4.69) is 0 Å². The second-order valence-corrected chi connectivity index (χ2v) is 4.46. The van der Waals surface area contributed by atoms with E-state index in [1.165, 1.54) is 0 Å². The molecule has 0 atom stereocenters. The van der Waals surface area contributed by atoms with Gasteiger partial charge in [-0.1, -0.05) is 18.2 Å². The van der Waals surface area contributed by atoms with Crippen molar-refractivity contribution in [3.63, 3.8) is 0 Å². The van der Waals surface area contributed by atoms with Gasteiger partial charge in [-0.15, -0.1) is 0 Å². The Morgan fingerprint density at radius 2 is 1.86 bits per heavy atom. The first kappa shape index (κ1) is 16.8. The summed E-state index contributed by atoms with van der Waals surface area (Å²) in [5.74, 6) is -2.37. The summed E-state index contributed by atoms with van der Waals surface area (Å²) in [5.41, 5.74) is 6.73. The van der Waals surface area contributed by atoms with Crippen LogP contribution in [-0.2, 0) is 16.0 Å². The topological polar surface area (TPSA) is 83.6 Å². The number of hydrogen-bond acceptors (Lipinski definition) is 3. The van der Waals surface area contributed by atoms with Crippen molar-refractivity contribution >= 4 is 17.6 Å². The van der Waals surface area contributed by atoms with Gasteiger partial charge in [0.2, 0.25) is 5.91 Å². The van der Waals surface area contributed by atoms with Gasteiger partial charge in [0, 0.05) is 12.1 Å². The lowest BCUT2D eigenvalue weighted by atomic mass is 10.1. The first-order chi connectivity index (χ1) is 9.69. The van der Waals surface area contributed by atoms with E-state index in [-0.39, 0.29) is 17.7 Å². The minimum atomic E-state index is -4.64. The van der Waals surface area contributed by atoms with E-state index in [4.69, 9.17) is 10.8 Å². The van der Waals surface area contributed by atoms with Crippen molar-refractivity contribution in [3.05, 3.63) is 29.8 Å². The maximum Gasteiger partial charge on any atom is 0.406 e. The van der Waals surface area contributed by atoms with Crippen LogP contribution in [0, 0.1) is 0 Å². The molecule has 1 rings (SSSR count). The van der Waals surface area contributed by atoms with Crippen molar-refractivity contribution in [3.8, 4) is 0 Å². The van der Waals surface area contributed by atoms with Crippen molar-refractivity contribution < 1.29 is 27.9 Å². The lowest BCUT2D eigenvalue weighted by Crippen LogP contribution is -2.42. The second-order valence-electron chi connectivity index (χ2n) is 4.46. The van der Waals surface area contributed by atoms with Crippen LogP contribution < -0.4 is 5.73 Å². The van der Waals surface area contributed by atoms with Gasteiger partial charge in [0.1, 0.15) is 13.1 Å². The number of halogens is 3. The fourth-order valence-corrected chi connectivity index (χ4v) is 1.77. The van der Waals surface area contributed by atoms with Gasteiger partial charge < -0.3 is 15.7 Å². The second kappa shape index (κ2) is 6.96. The van der Waals surface area contributed by atoms with Crippen LogP contribution in [0.15, 0.2) is 24.3 Å². The zero-order valence-corrected chi connectivity index (χ0v) is 11.1. The number of carbonyl (C=O) groups excluding carboxylic acids is 1. The molecule has 0 spiro atoms. The van der Waals surface area contributed by atoms with Crippen molar-refractivity contribution in [1.82, 2.24) is 4.90 Å². The molecule has 0 aliphatic rings. The molecule has 1 aromatic carbocycles. The molecule has 21 heavy (non-hydrogen) atoms. The Morgan fingerprint density at radius 3 is 2.38 bits per heavy atom. The molecule has 0 aliphatic heterocycles. The van der Waals surface area contributed by atoms with Crippen LogP contribution in [0.3, 0.4) is 0 Å². The minimum Gasteiger partial charge on any atom is -0.480 e. The normalized spacial score (nSPS) is 11.2. The SMILES string of the molecule is Nc1ccccc1CCC(=O)N(CC(=O)O)CC(F)(F)F. The van der Waals surface area contributed by atoms with E-state index in [1.54, 1.807) is 24.3 Å².